The van der Waals surface area contributed by atoms with Crippen LogP contribution in [0.5, 0.6) is 0 Å². The predicted octanol–water partition coefficient (Wildman–Crippen LogP) is 4.18. The van der Waals surface area contributed by atoms with Crippen LogP contribution in [0.25, 0.3) is 0 Å². The summed E-state index contributed by atoms with van der Waals surface area (Å²) in [6, 6.07) is 14.9. The molecule has 2 aromatic carbocycles. The second-order valence-corrected chi connectivity index (χ2v) is 4.59. The number of rotatable bonds is 3. The molecule has 0 fully saturated rings. The first kappa shape index (κ1) is 13.5. The molecule has 0 aliphatic carbocycles. The molecule has 19 heavy (non-hydrogen) atoms. The summed E-state index contributed by atoms with van der Waals surface area (Å²) in [7, 11) is 0. The topological polar surface area (TPSA) is 41.1 Å². The number of carbonyl (C=O) groups is 1. The number of urea groups is 1. The van der Waals surface area contributed by atoms with Gasteiger partial charge in [-0.25, -0.2) is 4.79 Å². The third-order valence-corrected chi connectivity index (χ3v) is 3.19. The van der Waals surface area contributed by atoms with E-state index in [-0.39, 0.29) is 6.03 Å². The lowest BCUT2D eigenvalue weighted by molar-refractivity contribution is 0.262. The average molecular weight is 272 g/mol. The first-order valence-corrected chi connectivity index (χ1v) is 6.59. The fourth-order valence-corrected chi connectivity index (χ4v) is 2.02. The van der Waals surface area contributed by atoms with E-state index in [2.05, 4.69) is 30.2 Å². The normalized spacial score (nSPS) is 10.0. The van der Waals surface area contributed by atoms with E-state index in [1.165, 1.54) is 0 Å². The molecule has 2 rings (SSSR count). The Bertz CT molecular complexity index is 584. The molecular weight excluding hydrogens is 256 g/mol. The van der Waals surface area contributed by atoms with Gasteiger partial charge in [0.25, 0.3) is 0 Å². The molecule has 0 saturated carbocycles. The van der Waals surface area contributed by atoms with Gasteiger partial charge in [-0.3, -0.25) is 0 Å². The molecule has 2 N–H and O–H groups in total. The van der Waals surface area contributed by atoms with Gasteiger partial charge in [-0.05, 0) is 30.2 Å². The lowest BCUT2D eigenvalue weighted by Gasteiger charge is -2.11. The van der Waals surface area contributed by atoms with E-state index >= 15 is 0 Å². The highest BCUT2D eigenvalue weighted by Crippen LogP contribution is 2.20. The first-order valence-electron chi connectivity index (χ1n) is 6.14. The molecule has 2 aromatic rings. The van der Waals surface area contributed by atoms with Crippen molar-refractivity contribution in [2.45, 2.75) is 18.2 Å². The number of thiol groups is 1. The minimum atomic E-state index is -0.262. The largest absolute Gasteiger partial charge is 0.323 e. The number of aryl methyl sites for hydroxylation is 1. The molecule has 4 heteroatoms. The van der Waals surface area contributed by atoms with Crippen molar-refractivity contribution in [3.05, 3.63) is 54.1 Å². The number of benzene rings is 2. The number of nitrogens with one attached hydrogen (secondary N) is 2. The molecule has 0 aliphatic heterocycles. The molecule has 0 heterocycles. The zero-order valence-electron chi connectivity index (χ0n) is 10.7. The van der Waals surface area contributed by atoms with Crippen LogP contribution in [0, 0.1) is 0 Å². The van der Waals surface area contributed by atoms with Crippen molar-refractivity contribution in [3.63, 3.8) is 0 Å². The van der Waals surface area contributed by atoms with Crippen LogP contribution in [-0.4, -0.2) is 6.03 Å². The number of anilines is 2. The van der Waals surface area contributed by atoms with E-state index in [1.807, 2.05) is 48.5 Å². The highest BCUT2D eigenvalue weighted by molar-refractivity contribution is 7.80. The number of hydrogen-bond donors (Lipinski definition) is 3. The van der Waals surface area contributed by atoms with E-state index < -0.39 is 0 Å². The van der Waals surface area contributed by atoms with Crippen molar-refractivity contribution in [1.82, 2.24) is 0 Å². The maximum atomic E-state index is 11.9. The zero-order valence-corrected chi connectivity index (χ0v) is 11.6. The number of amides is 2. The van der Waals surface area contributed by atoms with Crippen LogP contribution < -0.4 is 10.6 Å². The van der Waals surface area contributed by atoms with Crippen molar-refractivity contribution in [2.24, 2.45) is 0 Å². The van der Waals surface area contributed by atoms with E-state index in [0.29, 0.717) is 5.69 Å². The van der Waals surface area contributed by atoms with E-state index in [9.17, 15) is 4.79 Å². The molecule has 0 radical (unpaired) electrons. The summed E-state index contributed by atoms with van der Waals surface area (Å²) in [5.41, 5.74) is 2.63. The second-order valence-electron chi connectivity index (χ2n) is 4.11. The molecular formula is C15H16N2OS. The Labute approximate surface area is 118 Å². The van der Waals surface area contributed by atoms with Crippen molar-refractivity contribution in [3.8, 4) is 0 Å². The third-order valence-electron chi connectivity index (χ3n) is 2.80. The maximum absolute atomic E-state index is 11.9. The Morgan fingerprint density at radius 2 is 1.58 bits per heavy atom. The Hall–Kier alpha value is -1.94. The highest BCUT2D eigenvalue weighted by atomic mass is 32.1. The minimum Gasteiger partial charge on any atom is -0.307 e. The van der Waals surface area contributed by atoms with Gasteiger partial charge < -0.3 is 10.6 Å². The molecule has 0 atom stereocenters. The Morgan fingerprint density at radius 3 is 2.26 bits per heavy atom. The summed E-state index contributed by atoms with van der Waals surface area (Å²) in [5.74, 6) is 0. The molecule has 98 valence electrons. The average Bonchev–Trinajstić information content (AvgIpc) is 2.42. The second kappa shape index (κ2) is 6.29. The summed E-state index contributed by atoms with van der Waals surface area (Å²) in [6.45, 7) is 2.06. The standard InChI is InChI=1S/C15H16N2OS/c1-2-11-7-3-4-8-12(11)16-15(18)17-13-9-5-6-10-14(13)19/h3-10,19H,2H2,1H3,(H2,16,17,18). The summed E-state index contributed by atoms with van der Waals surface area (Å²) < 4.78 is 0. The Kier molecular flexibility index (Phi) is 4.47. The lowest BCUT2D eigenvalue weighted by atomic mass is 10.1. The molecule has 0 saturated heterocycles. The van der Waals surface area contributed by atoms with Crippen molar-refractivity contribution in [1.29, 1.82) is 0 Å². The maximum Gasteiger partial charge on any atom is 0.323 e. The fourth-order valence-electron chi connectivity index (χ4n) is 1.81. The third kappa shape index (κ3) is 3.51. The van der Waals surface area contributed by atoms with Gasteiger partial charge in [-0.2, -0.15) is 0 Å². The number of carbonyl (C=O) groups excluding carboxylic acids is 1. The number of para-hydroxylation sites is 2. The monoisotopic (exact) mass is 272 g/mol. The first-order chi connectivity index (χ1) is 9.20. The van der Waals surface area contributed by atoms with E-state index in [4.69, 9.17) is 0 Å². The minimum absolute atomic E-state index is 0.262. The molecule has 0 spiro atoms. The molecule has 0 bridgehead atoms. The van der Waals surface area contributed by atoms with Gasteiger partial charge >= 0.3 is 6.03 Å². The van der Waals surface area contributed by atoms with Gasteiger partial charge in [0.2, 0.25) is 0 Å². The Morgan fingerprint density at radius 1 is 1.00 bits per heavy atom. The summed E-state index contributed by atoms with van der Waals surface area (Å²) in [4.78, 5) is 12.7. The van der Waals surface area contributed by atoms with Gasteiger partial charge in [0.1, 0.15) is 0 Å². The molecule has 0 aliphatic rings. The van der Waals surface area contributed by atoms with E-state index in [1.54, 1.807) is 0 Å². The van der Waals surface area contributed by atoms with Crippen LogP contribution in [0.3, 0.4) is 0 Å². The van der Waals surface area contributed by atoms with Crippen LogP contribution in [0.1, 0.15) is 12.5 Å². The van der Waals surface area contributed by atoms with Crippen LogP contribution in [-0.2, 0) is 6.42 Å². The summed E-state index contributed by atoms with van der Waals surface area (Å²) >= 11 is 4.29. The van der Waals surface area contributed by atoms with Crippen LogP contribution in [0.2, 0.25) is 0 Å². The van der Waals surface area contributed by atoms with Crippen molar-refractivity contribution >= 4 is 30.0 Å². The number of hydrogen-bond acceptors (Lipinski definition) is 2. The van der Waals surface area contributed by atoms with Crippen molar-refractivity contribution < 1.29 is 4.79 Å². The fraction of sp³-hybridized carbons (Fsp3) is 0.133. The van der Waals surface area contributed by atoms with Gasteiger partial charge in [0.15, 0.2) is 0 Å². The zero-order chi connectivity index (χ0) is 13.7. The highest BCUT2D eigenvalue weighted by Gasteiger charge is 2.06. The molecule has 3 nitrogen and oxygen atoms in total. The van der Waals surface area contributed by atoms with Crippen LogP contribution >= 0.6 is 12.6 Å². The summed E-state index contributed by atoms with van der Waals surface area (Å²) in [5, 5.41) is 5.64. The van der Waals surface area contributed by atoms with Crippen LogP contribution in [0.15, 0.2) is 53.4 Å². The Balaban J connectivity index is 2.08. The van der Waals surface area contributed by atoms with Gasteiger partial charge in [-0.1, -0.05) is 37.3 Å². The smallest absolute Gasteiger partial charge is 0.307 e. The van der Waals surface area contributed by atoms with Gasteiger partial charge in [0, 0.05) is 10.6 Å². The lowest BCUT2D eigenvalue weighted by Crippen LogP contribution is -2.20. The predicted molar refractivity (Wildman–Crippen MR) is 82.2 cm³/mol. The van der Waals surface area contributed by atoms with E-state index in [0.717, 1.165) is 22.6 Å². The quantitative estimate of drug-likeness (QED) is 0.721. The molecule has 0 unspecified atom stereocenters. The van der Waals surface area contributed by atoms with Crippen molar-refractivity contribution in [2.75, 3.05) is 10.6 Å². The van der Waals surface area contributed by atoms with Gasteiger partial charge in [0.05, 0.1) is 5.69 Å². The van der Waals surface area contributed by atoms with Gasteiger partial charge in [-0.15, -0.1) is 12.6 Å². The molecule has 2 amide bonds. The summed E-state index contributed by atoms with van der Waals surface area (Å²) in [6.07, 6.45) is 0.875. The molecule has 0 aromatic heterocycles. The van der Waals surface area contributed by atoms with Crippen LogP contribution in [0.4, 0.5) is 16.2 Å². The SMILES string of the molecule is CCc1ccccc1NC(=O)Nc1ccccc1S.